The summed E-state index contributed by atoms with van der Waals surface area (Å²) in [6.45, 7) is 3.50. The fraction of sp³-hybridized carbons (Fsp3) is 0.409. The summed E-state index contributed by atoms with van der Waals surface area (Å²) < 4.78 is 26.7. The van der Waals surface area contributed by atoms with E-state index in [4.69, 9.17) is 0 Å². The fourth-order valence-electron chi connectivity index (χ4n) is 3.66. The first-order valence-corrected chi connectivity index (χ1v) is 9.49. The number of piperidine rings is 1. The van der Waals surface area contributed by atoms with Crippen LogP contribution in [0.5, 0.6) is 0 Å². The number of carbonyl (C=O) groups excluding carboxylic acids is 1. The minimum Gasteiger partial charge on any atom is -0.341 e. The highest BCUT2D eigenvalue weighted by atomic mass is 19.1. The Morgan fingerprint density at radius 2 is 1.74 bits per heavy atom. The lowest BCUT2D eigenvalue weighted by Gasteiger charge is -2.34. The van der Waals surface area contributed by atoms with E-state index in [1.165, 1.54) is 30.3 Å². The van der Waals surface area contributed by atoms with Crippen molar-refractivity contribution >= 4 is 5.91 Å². The Kier molecular flexibility index (Phi) is 6.56. The molecule has 3 rings (SSSR count). The number of amides is 1. The lowest BCUT2D eigenvalue weighted by molar-refractivity contribution is 0.0740. The third kappa shape index (κ3) is 5.36. The van der Waals surface area contributed by atoms with E-state index in [2.05, 4.69) is 4.90 Å². The lowest BCUT2D eigenvalue weighted by Crippen LogP contribution is -2.40. The van der Waals surface area contributed by atoms with E-state index in [1.807, 2.05) is 12.1 Å². The van der Waals surface area contributed by atoms with E-state index in [1.54, 1.807) is 18.0 Å². The zero-order valence-corrected chi connectivity index (χ0v) is 15.7. The van der Waals surface area contributed by atoms with Gasteiger partial charge in [-0.25, -0.2) is 8.78 Å². The Hall–Kier alpha value is -2.27. The van der Waals surface area contributed by atoms with Gasteiger partial charge in [-0.15, -0.1) is 0 Å². The predicted molar refractivity (Wildman–Crippen MR) is 103 cm³/mol. The molecule has 0 aliphatic carbocycles. The van der Waals surface area contributed by atoms with E-state index in [9.17, 15) is 13.6 Å². The normalized spacial score (nSPS) is 15.7. The Morgan fingerprint density at radius 3 is 2.41 bits per heavy atom. The SMILES string of the molecule is CN(CC1CCN(CCc2ccccc2F)CC1)C(=O)c1ccc(F)cc1. The number of likely N-dealkylation sites (tertiary alicyclic amines) is 1. The van der Waals surface area contributed by atoms with Crippen LogP contribution < -0.4 is 0 Å². The molecule has 0 spiro atoms. The van der Waals surface area contributed by atoms with Gasteiger partial charge in [-0.2, -0.15) is 0 Å². The molecule has 1 aliphatic rings. The second-order valence-electron chi connectivity index (χ2n) is 7.32. The third-order valence-electron chi connectivity index (χ3n) is 5.33. The van der Waals surface area contributed by atoms with Crippen LogP contribution in [-0.2, 0) is 6.42 Å². The standard InChI is InChI=1S/C22H26F2N2O/c1-25(22(27)19-6-8-20(23)9-7-19)16-17-10-13-26(14-11-17)15-12-18-4-2-3-5-21(18)24/h2-9,17H,10-16H2,1H3. The van der Waals surface area contributed by atoms with Crippen molar-refractivity contribution in [1.29, 1.82) is 0 Å². The highest BCUT2D eigenvalue weighted by molar-refractivity contribution is 5.94. The van der Waals surface area contributed by atoms with Crippen molar-refractivity contribution in [2.75, 3.05) is 33.2 Å². The number of benzene rings is 2. The maximum absolute atomic E-state index is 13.7. The summed E-state index contributed by atoms with van der Waals surface area (Å²) in [6, 6.07) is 12.6. The highest BCUT2D eigenvalue weighted by Gasteiger charge is 2.22. The molecule has 5 heteroatoms. The van der Waals surface area contributed by atoms with Crippen LogP contribution in [0.1, 0.15) is 28.8 Å². The van der Waals surface area contributed by atoms with Gasteiger partial charge in [-0.1, -0.05) is 18.2 Å². The van der Waals surface area contributed by atoms with Gasteiger partial charge in [0.25, 0.3) is 5.91 Å². The predicted octanol–water partition coefficient (Wildman–Crippen LogP) is 3.99. The van der Waals surface area contributed by atoms with E-state index in [0.29, 0.717) is 18.0 Å². The Labute approximate surface area is 159 Å². The zero-order valence-electron chi connectivity index (χ0n) is 15.7. The Balaban J connectivity index is 1.43. The molecule has 1 fully saturated rings. The molecule has 1 saturated heterocycles. The number of hydrogen-bond acceptors (Lipinski definition) is 2. The highest BCUT2D eigenvalue weighted by Crippen LogP contribution is 2.20. The first-order valence-electron chi connectivity index (χ1n) is 9.49. The molecule has 0 aromatic heterocycles. The molecule has 1 aliphatic heterocycles. The van der Waals surface area contributed by atoms with Crippen molar-refractivity contribution < 1.29 is 13.6 Å². The molecule has 0 unspecified atom stereocenters. The number of rotatable bonds is 6. The molecule has 27 heavy (non-hydrogen) atoms. The summed E-state index contributed by atoms with van der Waals surface area (Å²) in [5.74, 6) is -0.0774. The minimum atomic E-state index is -0.336. The molecular formula is C22H26F2N2O. The lowest BCUT2D eigenvalue weighted by atomic mass is 9.95. The van der Waals surface area contributed by atoms with Crippen LogP contribution in [0.15, 0.2) is 48.5 Å². The van der Waals surface area contributed by atoms with Gasteiger partial charge in [0.2, 0.25) is 0 Å². The van der Waals surface area contributed by atoms with Crippen LogP contribution in [0, 0.1) is 17.6 Å². The zero-order chi connectivity index (χ0) is 19.2. The van der Waals surface area contributed by atoms with E-state index in [0.717, 1.165) is 44.5 Å². The Morgan fingerprint density at radius 1 is 1.07 bits per heavy atom. The molecule has 3 nitrogen and oxygen atoms in total. The molecule has 0 N–H and O–H groups in total. The Bertz CT molecular complexity index is 755. The van der Waals surface area contributed by atoms with Gasteiger partial charge < -0.3 is 9.80 Å². The first-order chi connectivity index (χ1) is 13.0. The van der Waals surface area contributed by atoms with Gasteiger partial charge in [0, 0.05) is 25.7 Å². The smallest absolute Gasteiger partial charge is 0.253 e. The van der Waals surface area contributed by atoms with Crippen molar-refractivity contribution in [2.45, 2.75) is 19.3 Å². The molecule has 1 amide bonds. The minimum absolute atomic E-state index is 0.0722. The van der Waals surface area contributed by atoms with E-state index < -0.39 is 0 Å². The van der Waals surface area contributed by atoms with Gasteiger partial charge in [-0.3, -0.25) is 4.79 Å². The molecule has 144 valence electrons. The number of hydrogen-bond donors (Lipinski definition) is 0. The number of nitrogens with zero attached hydrogens (tertiary/aromatic N) is 2. The van der Waals surface area contributed by atoms with Crippen molar-refractivity contribution in [3.05, 3.63) is 71.3 Å². The number of carbonyl (C=O) groups is 1. The van der Waals surface area contributed by atoms with E-state index >= 15 is 0 Å². The van der Waals surface area contributed by atoms with E-state index in [-0.39, 0.29) is 17.5 Å². The van der Waals surface area contributed by atoms with Crippen molar-refractivity contribution in [2.24, 2.45) is 5.92 Å². The van der Waals surface area contributed by atoms with Gasteiger partial charge in [0.15, 0.2) is 0 Å². The molecular weight excluding hydrogens is 346 g/mol. The van der Waals surface area contributed by atoms with Crippen molar-refractivity contribution in [3.8, 4) is 0 Å². The van der Waals surface area contributed by atoms with Crippen LogP contribution >= 0.6 is 0 Å². The fourth-order valence-corrected chi connectivity index (χ4v) is 3.66. The largest absolute Gasteiger partial charge is 0.341 e. The topological polar surface area (TPSA) is 23.6 Å². The van der Waals surface area contributed by atoms with Crippen molar-refractivity contribution in [1.82, 2.24) is 9.80 Å². The summed E-state index contributed by atoms with van der Waals surface area (Å²) in [5.41, 5.74) is 1.28. The van der Waals surface area contributed by atoms with Crippen LogP contribution in [0.3, 0.4) is 0 Å². The summed E-state index contributed by atoms with van der Waals surface area (Å²) in [6.07, 6.45) is 2.77. The van der Waals surface area contributed by atoms with Crippen LogP contribution in [-0.4, -0.2) is 48.9 Å². The molecule has 0 atom stereocenters. The summed E-state index contributed by atoms with van der Waals surface area (Å²) >= 11 is 0. The molecule has 1 heterocycles. The average molecular weight is 372 g/mol. The maximum atomic E-state index is 13.7. The van der Waals surface area contributed by atoms with Crippen LogP contribution in [0.25, 0.3) is 0 Å². The van der Waals surface area contributed by atoms with Gasteiger partial charge in [0.1, 0.15) is 11.6 Å². The third-order valence-corrected chi connectivity index (χ3v) is 5.33. The quantitative estimate of drug-likeness (QED) is 0.765. The van der Waals surface area contributed by atoms with Crippen molar-refractivity contribution in [3.63, 3.8) is 0 Å². The second kappa shape index (κ2) is 9.09. The molecule has 0 bridgehead atoms. The van der Waals surface area contributed by atoms with Gasteiger partial charge >= 0.3 is 0 Å². The second-order valence-corrected chi connectivity index (χ2v) is 7.32. The molecule has 2 aromatic rings. The first kappa shape index (κ1) is 19.5. The summed E-state index contributed by atoms with van der Waals surface area (Å²) in [4.78, 5) is 16.5. The van der Waals surface area contributed by atoms with Crippen LogP contribution in [0.2, 0.25) is 0 Å². The number of halogens is 2. The molecule has 0 saturated carbocycles. The van der Waals surface area contributed by atoms with Gasteiger partial charge in [-0.05, 0) is 74.2 Å². The summed E-state index contributed by atoms with van der Waals surface area (Å²) in [7, 11) is 1.80. The summed E-state index contributed by atoms with van der Waals surface area (Å²) in [5, 5.41) is 0. The average Bonchev–Trinajstić information content (AvgIpc) is 2.68. The molecule has 0 radical (unpaired) electrons. The molecule has 2 aromatic carbocycles. The maximum Gasteiger partial charge on any atom is 0.253 e. The monoisotopic (exact) mass is 372 g/mol. The van der Waals surface area contributed by atoms with Gasteiger partial charge in [0.05, 0.1) is 0 Å². The van der Waals surface area contributed by atoms with Crippen LogP contribution in [0.4, 0.5) is 8.78 Å².